The van der Waals surface area contributed by atoms with Crippen molar-refractivity contribution in [2.75, 3.05) is 36.1 Å². The van der Waals surface area contributed by atoms with Crippen molar-refractivity contribution in [1.29, 1.82) is 0 Å². The van der Waals surface area contributed by atoms with Crippen molar-refractivity contribution in [1.82, 2.24) is 15.1 Å². The number of dihydropyridines is 1. The molecule has 1 amide bonds. The Morgan fingerprint density at radius 1 is 1.50 bits per heavy atom. The number of nitrogens with zero attached hydrogens (tertiary/aromatic N) is 3. The second-order valence-electron chi connectivity index (χ2n) is 5.52. The average Bonchev–Trinajstić information content (AvgIpc) is 2.98. The molecular formula is C17H26N4O2S. The summed E-state index contributed by atoms with van der Waals surface area (Å²) in [5.41, 5.74) is 2.78. The molecule has 1 aliphatic heterocycles. The molecule has 0 saturated carbocycles. The summed E-state index contributed by atoms with van der Waals surface area (Å²) in [6, 6.07) is 0. The Hall–Kier alpha value is -1.73. The zero-order chi connectivity index (χ0) is 17.4. The van der Waals surface area contributed by atoms with Gasteiger partial charge in [0.2, 0.25) is 5.91 Å². The van der Waals surface area contributed by atoms with Gasteiger partial charge in [-0.1, -0.05) is 0 Å². The van der Waals surface area contributed by atoms with Crippen LogP contribution in [-0.4, -0.2) is 52.0 Å². The van der Waals surface area contributed by atoms with Gasteiger partial charge in [-0.15, -0.1) is 0 Å². The fraction of sp³-hybridized carbons (Fsp3) is 0.529. The summed E-state index contributed by atoms with van der Waals surface area (Å²) >= 11 is 1.71. The Balaban J connectivity index is 2.01. The van der Waals surface area contributed by atoms with E-state index in [1.54, 1.807) is 16.7 Å². The van der Waals surface area contributed by atoms with Gasteiger partial charge in [0.15, 0.2) is 0 Å². The highest BCUT2D eigenvalue weighted by Gasteiger charge is 2.19. The number of nitrogens with one attached hydrogen (secondary N) is 1. The van der Waals surface area contributed by atoms with Gasteiger partial charge in [-0.05, 0) is 44.4 Å². The third-order valence-electron chi connectivity index (χ3n) is 3.77. The monoisotopic (exact) mass is 350 g/mol. The molecule has 0 bridgehead atoms. The largest absolute Gasteiger partial charge is 0.396 e. The number of aliphatic hydroxyl groups is 1. The highest BCUT2D eigenvalue weighted by Crippen LogP contribution is 2.22. The topological polar surface area (TPSA) is 70.4 Å². The van der Waals surface area contributed by atoms with Crippen LogP contribution in [0.4, 0.5) is 5.69 Å². The molecule has 0 aliphatic carbocycles. The number of anilines is 1. The van der Waals surface area contributed by atoms with Crippen molar-refractivity contribution >= 4 is 29.1 Å². The number of aliphatic hydroxyl groups excluding tert-OH is 1. The van der Waals surface area contributed by atoms with Crippen LogP contribution in [0.5, 0.6) is 0 Å². The summed E-state index contributed by atoms with van der Waals surface area (Å²) in [6.45, 7) is 5.48. The van der Waals surface area contributed by atoms with Crippen LogP contribution in [0.15, 0.2) is 24.5 Å². The lowest BCUT2D eigenvalue weighted by molar-refractivity contribution is -0.118. The van der Waals surface area contributed by atoms with Gasteiger partial charge in [0.05, 0.1) is 29.8 Å². The Morgan fingerprint density at radius 2 is 2.33 bits per heavy atom. The Morgan fingerprint density at radius 3 is 3.00 bits per heavy atom. The molecule has 0 unspecified atom stereocenters. The zero-order valence-corrected chi connectivity index (χ0v) is 15.2. The standard InChI is InChI=1S/C17H26N4O2S/c1-3-20(17(23)7-11-24-10-5-9-22)16-13-21(19-14(16)2)15-6-4-8-18-12-15/h4,6,8,13,18,22H,3,5,7,9-12H2,1-2H3. The number of rotatable bonds is 9. The van der Waals surface area contributed by atoms with Crippen LogP contribution in [0, 0.1) is 6.92 Å². The molecule has 132 valence electrons. The number of aromatic nitrogens is 2. The molecule has 0 aromatic carbocycles. The van der Waals surface area contributed by atoms with Crippen LogP contribution >= 0.6 is 11.8 Å². The highest BCUT2D eigenvalue weighted by atomic mass is 32.2. The van der Waals surface area contributed by atoms with Crippen molar-refractivity contribution in [2.45, 2.75) is 26.7 Å². The normalized spacial score (nSPS) is 13.5. The molecule has 0 fully saturated rings. The third kappa shape index (κ3) is 4.88. The molecule has 0 spiro atoms. The number of thioether (sulfide) groups is 1. The Kier molecular flexibility index (Phi) is 7.39. The lowest BCUT2D eigenvalue weighted by Crippen LogP contribution is -2.31. The maximum absolute atomic E-state index is 12.5. The molecule has 2 rings (SSSR count). The maximum Gasteiger partial charge on any atom is 0.227 e. The predicted molar refractivity (Wildman–Crippen MR) is 100 cm³/mol. The summed E-state index contributed by atoms with van der Waals surface area (Å²) in [6.07, 6.45) is 9.07. The summed E-state index contributed by atoms with van der Waals surface area (Å²) < 4.78 is 1.84. The lowest BCUT2D eigenvalue weighted by atomic mass is 10.3. The molecule has 24 heavy (non-hydrogen) atoms. The van der Waals surface area contributed by atoms with Gasteiger partial charge in [0.1, 0.15) is 0 Å². The minimum Gasteiger partial charge on any atom is -0.396 e. The van der Waals surface area contributed by atoms with Crippen molar-refractivity contribution in [3.63, 3.8) is 0 Å². The second kappa shape index (κ2) is 9.54. The van der Waals surface area contributed by atoms with E-state index in [1.165, 1.54) is 0 Å². The summed E-state index contributed by atoms with van der Waals surface area (Å²) in [5.74, 6) is 1.79. The van der Waals surface area contributed by atoms with E-state index < -0.39 is 0 Å². The molecule has 2 heterocycles. The van der Waals surface area contributed by atoms with Crippen LogP contribution in [-0.2, 0) is 4.79 Å². The van der Waals surface area contributed by atoms with Crippen molar-refractivity contribution in [2.24, 2.45) is 0 Å². The van der Waals surface area contributed by atoms with E-state index in [0.717, 1.165) is 41.5 Å². The van der Waals surface area contributed by atoms with Crippen LogP contribution in [0.2, 0.25) is 0 Å². The number of amides is 1. The van der Waals surface area contributed by atoms with Crippen LogP contribution in [0.25, 0.3) is 5.70 Å². The van der Waals surface area contributed by atoms with Gasteiger partial charge in [-0.25, -0.2) is 4.68 Å². The lowest BCUT2D eigenvalue weighted by Gasteiger charge is -2.20. The van der Waals surface area contributed by atoms with E-state index in [2.05, 4.69) is 10.4 Å². The van der Waals surface area contributed by atoms with Crippen molar-refractivity contribution < 1.29 is 9.90 Å². The fourth-order valence-electron chi connectivity index (χ4n) is 2.51. The number of aryl methyl sites for hydroxylation is 1. The minimum atomic E-state index is 0.118. The number of allylic oxidation sites excluding steroid dienone is 2. The highest BCUT2D eigenvalue weighted by molar-refractivity contribution is 7.99. The number of carbonyl (C=O) groups excluding carboxylic acids is 1. The van der Waals surface area contributed by atoms with Crippen molar-refractivity contribution in [3.8, 4) is 0 Å². The first-order valence-corrected chi connectivity index (χ1v) is 9.47. The molecule has 0 atom stereocenters. The molecule has 1 aromatic rings. The Bertz CT molecular complexity index is 610. The van der Waals surface area contributed by atoms with Crippen LogP contribution < -0.4 is 10.2 Å². The van der Waals surface area contributed by atoms with E-state index >= 15 is 0 Å². The van der Waals surface area contributed by atoms with E-state index in [9.17, 15) is 4.79 Å². The quantitative estimate of drug-likeness (QED) is 0.667. The molecule has 2 N–H and O–H groups in total. The molecule has 1 aliphatic rings. The average molecular weight is 350 g/mol. The first-order valence-electron chi connectivity index (χ1n) is 8.32. The summed E-state index contributed by atoms with van der Waals surface area (Å²) in [7, 11) is 0. The number of hydrogen-bond donors (Lipinski definition) is 2. The van der Waals surface area contributed by atoms with Crippen LogP contribution in [0.1, 0.15) is 25.5 Å². The van der Waals surface area contributed by atoms with Gasteiger partial charge in [-0.2, -0.15) is 16.9 Å². The van der Waals surface area contributed by atoms with Gasteiger partial charge in [-0.3, -0.25) is 4.79 Å². The number of hydrogen-bond acceptors (Lipinski definition) is 5. The van der Waals surface area contributed by atoms with E-state index in [1.807, 2.05) is 43.1 Å². The van der Waals surface area contributed by atoms with Gasteiger partial charge >= 0.3 is 0 Å². The summed E-state index contributed by atoms with van der Waals surface area (Å²) in [5, 5.41) is 16.5. The van der Waals surface area contributed by atoms with Gasteiger partial charge in [0, 0.05) is 25.3 Å². The molecule has 0 radical (unpaired) electrons. The number of carbonyl (C=O) groups is 1. The van der Waals surface area contributed by atoms with E-state index in [0.29, 0.717) is 13.0 Å². The third-order valence-corrected chi connectivity index (χ3v) is 4.84. The maximum atomic E-state index is 12.5. The van der Waals surface area contributed by atoms with Gasteiger partial charge < -0.3 is 15.3 Å². The molecular weight excluding hydrogens is 324 g/mol. The smallest absolute Gasteiger partial charge is 0.227 e. The first-order chi connectivity index (χ1) is 11.7. The molecule has 1 aromatic heterocycles. The van der Waals surface area contributed by atoms with E-state index in [-0.39, 0.29) is 12.5 Å². The zero-order valence-electron chi connectivity index (χ0n) is 14.4. The Labute approximate surface area is 147 Å². The minimum absolute atomic E-state index is 0.118. The first kappa shape index (κ1) is 18.6. The summed E-state index contributed by atoms with van der Waals surface area (Å²) in [4.78, 5) is 14.3. The van der Waals surface area contributed by atoms with Gasteiger partial charge in [0.25, 0.3) is 0 Å². The van der Waals surface area contributed by atoms with E-state index in [4.69, 9.17) is 5.11 Å². The molecule has 7 heteroatoms. The molecule has 0 saturated heterocycles. The SMILES string of the molecule is CCN(C(=O)CCSCCCO)c1cn(C2=CC=CNC2)nc1C. The predicted octanol–water partition coefficient (Wildman–Crippen LogP) is 2.01. The van der Waals surface area contributed by atoms with Crippen LogP contribution in [0.3, 0.4) is 0 Å². The van der Waals surface area contributed by atoms with Crippen molar-refractivity contribution in [3.05, 3.63) is 30.2 Å². The second-order valence-corrected chi connectivity index (χ2v) is 6.74. The fourth-order valence-corrected chi connectivity index (χ4v) is 3.37. The molecule has 6 nitrogen and oxygen atoms in total.